The molecule has 0 radical (unpaired) electrons. The maximum Gasteiger partial charge on any atom is 0.257 e. The molecule has 28 heavy (non-hydrogen) atoms. The van der Waals surface area contributed by atoms with Crippen LogP contribution in [0.3, 0.4) is 0 Å². The van der Waals surface area contributed by atoms with Gasteiger partial charge in [-0.2, -0.15) is 5.10 Å². The number of hydrogen-bond donors (Lipinski definition) is 1. The highest BCUT2D eigenvalue weighted by Gasteiger charge is 2.28. The molecule has 4 rings (SSSR count). The standard InChI is InChI=1S/C20H20FN5O2/c1-13-15(9-23-25-13)20(27)26-8-4-5-14(12-26)17-10-22-11-19(24-17)28-18-7-3-2-6-16(18)21/h2-3,6-7,9-11,14H,4-5,8,12H2,1H3,(H,23,25)/t14-/m0/s1. The van der Waals surface area contributed by atoms with Gasteiger partial charge in [0.1, 0.15) is 0 Å². The van der Waals surface area contributed by atoms with Crippen molar-refractivity contribution in [1.82, 2.24) is 25.1 Å². The van der Waals surface area contributed by atoms with E-state index in [0.29, 0.717) is 18.7 Å². The molecule has 0 bridgehead atoms. The third kappa shape index (κ3) is 3.71. The number of piperidine rings is 1. The van der Waals surface area contributed by atoms with E-state index >= 15 is 0 Å². The van der Waals surface area contributed by atoms with Crippen molar-refractivity contribution in [1.29, 1.82) is 0 Å². The van der Waals surface area contributed by atoms with Crippen LogP contribution in [0, 0.1) is 12.7 Å². The lowest BCUT2D eigenvalue weighted by Gasteiger charge is -2.32. The van der Waals surface area contributed by atoms with E-state index in [1.807, 2.05) is 11.8 Å². The van der Waals surface area contributed by atoms with Gasteiger partial charge in [-0.25, -0.2) is 9.37 Å². The fraction of sp³-hybridized carbons (Fsp3) is 0.300. The molecule has 0 unspecified atom stereocenters. The van der Waals surface area contributed by atoms with Crippen LogP contribution in [-0.2, 0) is 0 Å². The summed E-state index contributed by atoms with van der Waals surface area (Å²) < 4.78 is 19.4. The number of H-pyrrole nitrogens is 1. The minimum Gasteiger partial charge on any atom is -0.434 e. The van der Waals surface area contributed by atoms with E-state index < -0.39 is 5.82 Å². The summed E-state index contributed by atoms with van der Waals surface area (Å²) in [5.41, 5.74) is 2.07. The van der Waals surface area contributed by atoms with Gasteiger partial charge in [-0.05, 0) is 31.9 Å². The summed E-state index contributed by atoms with van der Waals surface area (Å²) in [7, 11) is 0. The Hall–Kier alpha value is -3.29. The molecule has 1 N–H and O–H groups in total. The third-order valence-corrected chi connectivity index (χ3v) is 4.87. The Morgan fingerprint density at radius 2 is 2.14 bits per heavy atom. The summed E-state index contributed by atoms with van der Waals surface area (Å²) in [5, 5.41) is 6.73. The molecule has 1 amide bonds. The molecule has 1 aromatic carbocycles. The van der Waals surface area contributed by atoms with Crippen LogP contribution in [0.2, 0.25) is 0 Å². The summed E-state index contributed by atoms with van der Waals surface area (Å²) in [5.74, 6) is -0.120. The van der Waals surface area contributed by atoms with E-state index in [0.717, 1.165) is 24.2 Å². The minimum atomic E-state index is -0.459. The smallest absolute Gasteiger partial charge is 0.257 e. The minimum absolute atomic E-state index is 0.0392. The number of rotatable bonds is 4. The molecule has 0 spiro atoms. The second kappa shape index (κ2) is 7.75. The van der Waals surface area contributed by atoms with Crippen LogP contribution in [0.15, 0.2) is 42.9 Å². The summed E-state index contributed by atoms with van der Waals surface area (Å²) >= 11 is 0. The second-order valence-electron chi connectivity index (χ2n) is 6.81. The number of aromatic amines is 1. The van der Waals surface area contributed by atoms with Crippen molar-refractivity contribution in [2.75, 3.05) is 13.1 Å². The SMILES string of the molecule is Cc1[nH]ncc1C(=O)N1CCC[C@H](c2cncc(Oc3ccccc3F)n2)C1. The zero-order valence-electron chi connectivity index (χ0n) is 15.4. The molecular formula is C20H20FN5O2. The first-order valence-corrected chi connectivity index (χ1v) is 9.15. The first kappa shape index (κ1) is 18.1. The maximum atomic E-state index is 13.8. The van der Waals surface area contributed by atoms with Crippen molar-refractivity contribution < 1.29 is 13.9 Å². The van der Waals surface area contributed by atoms with E-state index in [1.54, 1.807) is 24.5 Å². The van der Waals surface area contributed by atoms with Crippen LogP contribution in [-0.4, -0.2) is 44.1 Å². The van der Waals surface area contributed by atoms with Gasteiger partial charge in [0.05, 0.1) is 23.7 Å². The van der Waals surface area contributed by atoms with Gasteiger partial charge in [0.2, 0.25) is 5.88 Å². The molecule has 8 heteroatoms. The van der Waals surface area contributed by atoms with E-state index in [2.05, 4.69) is 20.2 Å². The number of para-hydroxylation sites is 1. The number of amides is 1. The van der Waals surface area contributed by atoms with Gasteiger partial charge in [0, 0.05) is 30.9 Å². The zero-order chi connectivity index (χ0) is 19.5. The highest BCUT2D eigenvalue weighted by atomic mass is 19.1. The number of halogens is 1. The van der Waals surface area contributed by atoms with Crippen molar-refractivity contribution in [3.05, 3.63) is 65.6 Å². The summed E-state index contributed by atoms with van der Waals surface area (Å²) in [6.45, 7) is 3.07. The Morgan fingerprint density at radius 3 is 2.93 bits per heavy atom. The molecule has 1 aliphatic rings. The number of carbonyl (C=O) groups excluding carboxylic acids is 1. The van der Waals surface area contributed by atoms with Crippen molar-refractivity contribution >= 4 is 5.91 Å². The van der Waals surface area contributed by atoms with E-state index in [4.69, 9.17) is 4.74 Å². The number of nitrogens with zero attached hydrogens (tertiary/aromatic N) is 4. The normalized spacial score (nSPS) is 16.8. The van der Waals surface area contributed by atoms with Crippen molar-refractivity contribution in [2.45, 2.75) is 25.7 Å². The van der Waals surface area contributed by atoms with Crippen molar-refractivity contribution in [2.24, 2.45) is 0 Å². The molecule has 1 fully saturated rings. The fourth-order valence-electron chi connectivity index (χ4n) is 3.39. The lowest BCUT2D eigenvalue weighted by atomic mass is 9.94. The van der Waals surface area contributed by atoms with Gasteiger partial charge in [0.15, 0.2) is 11.6 Å². The molecule has 3 heterocycles. The maximum absolute atomic E-state index is 13.8. The average Bonchev–Trinajstić information content (AvgIpc) is 3.15. The Balaban J connectivity index is 1.50. The predicted octanol–water partition coefficient (Wildman–Crippen LogP) is 3.46. The van der Waals surface area contributed by atoms with Crippen molar-refractivity contribution in [3.63, 3.8) is 0 Å². The lowest BCUT2D eigenvalue weighted by molar-refractivity contribution is 0.0705. The number of aryl methyl sites for hydroxylation is 1. The van der Waals surface area contributed by atoms with Gasteiger partial charge >= 0.3 is 0 Å². The van der Waals surface area contributed by atoms with Gasteiger partial charge < -0.3 is 9.64 Å². The number of ether oxygens (including phenoxy) is 1. The number of nitrogens with one attached hydrogen (secondary N) is 1. The van der Waals surface area contributed by atoms with Crippen molar-refractivity contribution in [3.8, 4) is 11.6 Å². The second-order valence-corrected chi connectivity index (χ2v) is 6.81. The van der Waals surface area contributed by atoms with Gasteiger partial charge in [-0.3, -0.25) is 14.9 Å². The van der Waals surface area contributed by atoms with Crippen LogP contribution in [0.5, 0.6) is 11.6 Å². The summed E-state index contributed by atoms with van der Waals surface area (Å²) in [6, 6.07) is 6.16. The molecule has 3 aromatic rings. The topological polar surface area (TPSA) is 84.0 Å². The summed E-state index contributed by atoms with van der Waals surface area (Å²) in [6.07, 6.45) is 6.45. The summed E-state index contributed by atoms with van der Waals surface area (Å²) in [4.78, 5) is 23.3. The van der Waals surface area contributed by atoms with Crippen LogP contribution >= 0.6 is 0 Å². The molecular weight excluding hydrogens is 361 g/mol. The van der Waals surface area contributed by atoms with Gasteiger partial charge in [-0.15, -0.1) is 0 Å². The predicted molar refractivity (Wildman–Crippen MR) is 99.7 cm³/mol. The van der Waals surface area contributed by atoms with E-state index in [-0.39, 0.29) is 23.5 Å². The quantitative estimate of drug-likeness (QED) is 0.748. The highest BCUT2D eigenvalue weighted by molar-refractivity contribution is 5.95. The first-order chi connectivity index (χ1) is 13.6. The Bertz CT molecular complexity index is 990. The highest BCUT2D eigenvalue weighted by Crippen LogP contribution is 2.29. The van der Waals surface area contributed by atoms with Crippen LogP contribution in [0.25, 0.3) is 0 Å². The van der Waals surface area contributed by atoms with Crippen LogP contribution in [0.4, 0.5) is 4.39 Å². The molecule has 1 aliphatic heterocycles. The number of aromatic nitrogens is 4. The fourth-order valence-corrected chi connectivity index (χ4v) is 3.39. The average molecular weight is 381 g/mol. The van der Waals surface area contributed by atoms with E-state index in [1.165, 1.54) is 18.3 Å². The molecule has 7 nitrogen and oxygen atoms in total. The van der Waals surface area contributed by atoms with Crippen LogP contribution in [0.1, 0.15) is 40.5 Å². The molecule has 0 saturated carbocycles. The first-order valence-electron chi connectivity index (χ1n) is 9.15. The third-order valence-electron chi connectivity index (χ3n) is 4.87. The number of hydrogen-bond acceptors (Lipinski definition) is 5. The largest absolute Gasteiger partial charge is 0.434 e. The Morgan fingerprint density at radius 1 is 1.29 bits per heavy atom. The molecule has 0 aliphatic carbocycles. The number of benzene rings is 1. The number of carbonyl (C=O) groups is 1. The molecule has 144 valence electrons. The van der Waals surface area contributed by atoms with E-state index in [9.17, 15) is 9.18 Å². The zero-order valence-corrected chi connectivity index (χ0v) is 15.4. The molecule has 1 atom stereocenters. The number of likely N-dealkylation sites (tertiary alicyclic amines) is 1. The Kier molecular flexibility index (Phi) is 5.01. The van der Waals surface area contributed by atoms with Gasteiger partial charge in [0.25, 0.3) is 5.91 Å². The monoisotopic (exact) mass is 381 g/mol. The molecule has 2 aromatic heterocycles. The van der Waals surface area contributed by atoms with Crippen LogP contribution < -0.4 is 4.74 Å². The lowest BCUT2D eigenvalue weighted by Crippen LogP contribution is -2.39. The molecule has 1 saturated heterocycles. The Labute approximate surface area is 161 Å². The van der Waals surface area contributed by atoms with Gasteiger partial charge in [-0.1, -0.05) is 12.1 Å².